The van der Waals surface area contributed by atoms with Gasteiger partial charge in [0, 0.05) is 6.42 Å². The Hall–Kier alpha value is -1.01. The van der Waals surface area contributed by atoms with Gasteiger partial charge in [0.1, 0.15) is 48.8 Å². The lowest BCUT2D eigenvalue weighted by molar-refractivity contribution is -0.359. The molecule has 0 spiro atoms. The summed E-state index contributed by atoms with van der Waals surface area (Å²) in [7, 11) is 0. The molecule has 0 bridgehead atoms. The Labute approximate surface area is 438 Å². The molecule has 2 saturated heterocycles. The van der Waals surface area contributed by atoms with Crippen molar-refractivity contribution in [1.82, 2.24) is 5.32 Å². The van der Waals surface area contributed by atoms with Crippen LogP contribution in [0.2, 0.25) is 0 Å². The standard InChI is InChI=1S/C58H113NO13/c1-3-5-7-9-11-13-15-17-19-21-22-23-24-26-27-29-31-33-35-37-39-41-47(62)46(59-50(63)42-40-38-36-34-32-30-28-25-20-18-16-14-12-10-8-6-4-2)45-69-57-55(68)53(66)56(49(44-61)71-57)72-58-54(67)52(65)51(64)48(43-60)70-58/h46-49,51-58,60-62,64-68H,3-45H2,1-2H3,(H,59,63). The van der Waals surface area contributed by atoms with Crippen LogP contribution in [-0.4, -0.2) is 140 Å². The molecule has 0 aromatic heterocycles. The van der Waals surface area contributed by atoms with E-state index >= 15 is 0 Å². The van der Waals surface area contributed by atoms with Gasteiger partial charge in [0.15, 0.2) is 12.6 Å². The van der Waals surface area contributed by atoms with E-state index in [9.17, 15) is 45.6 Å². The maximum absolute atomic E-state index is 13.3. The van der Waals surface area contributed by atoms with Crippen LogP contribution in [0.4, 0.5) is 0 Å². The van der Waals surface area contributed by atoms with Crippen LogP contribution < -0.4 is 5.32 Å². The second kappa shape index (κ2) is 45.1. The minimum atomic E-state index is -1.78. The average Bonchev–Trinajstić information content (AvgIpc) is 3.38. The Balaban J connectivity index is 1.74. The predicted molar refractivity (Wildman–Crippen MR) is 286 cm³/mol. The lowest BCUT2D eigenvalue weighted by Gasteiger charge is -2.46. The van der Waals surface area contributed by atoms with Gasteiger partial charge in [-0.1, -0.05) is 251 Å². The summed E-state index contributed by atoms with van der Waals surface area (Å²) in [4.78, 5) is 13.3. The van der Waals surface area contributed by atoms with Crippen molar-refractivity contribution in [3.63, 3.8) is 0 Å². The minimum absolute atomic E-state index is 0.200. The van der Waals surface area contributed by atoms with Gasteiger partial charge in [-0.05, 0) is 12.8 Å². The van der Waals surface area contributed by atoms with E-state index < -0.39 is 86.8 Å². The van der Waals surface area contributed by atoms with E-state index in [4.69, 9.17) is 18.9 Å². The first-order valence-corrected chi connectivity index (χ1v) is 30.3. The molecule has 2 aliphatic rings. The Morgan fingerprint density at radius 3 is 1.18 bits per heavy atom. The number of unbranched alkanes of at least 4 members (excludes halogenated alkanes) is 36. The highest BCUT2D eigenvalue weighted by molar-refractivity contribution is 5.76. The molecule has 2 aliphatic heterocycles. The molecule has 2 fully saturated rings. The maximum Gasteiger partial charge on any atom is 0.220 e. The number of rotatable bonds is 49. The van der Waals surface area contributed by atoms with Crippen LogP contribution in [0.15, 0.2) is 0 Å². The van der Waals surface area contributed by atoms with E-state index in [-0.39, 0.29) is 12.5 Å². The van der Waals surface area contributed by atoms with E-state index in [1.54, 1.807) is 0 Å². The van der Waals surface area contributed by atoms with E-state index in [0.717, 1.165) is 51.4 Å². The minimum Gasteiger partial charge on any atom is -0.394 e. The van der Waals surface area contributed by atoms with Crippen molar-refractivity contribution in [2.24, 2.45) is 0 Å². The highest BCUT2D eigenvalue weighted by Gasteiger charge is 2.51. The summed E-state index contributed by atoms with van der Waals surface area (Å²) in [5.41, 5.74) is 0. The van der Waals surface area contributed by atoms with Crippen molar-refractivity contribution < 1.29 is 64.6 Å². The average molecular weight is 1030 g/mol. The molecule has 2 heterocycles. The summed E-state index contributed by atoms with van der Waals surface area (Å²) in [6.45, 7) is 2.90. The topological polar surface area (TPSA) is 228 Å². The van der Waals surface area contributed by atoms with Gasteiger partial charge in [0.2, 0.25) is 5.91 Å². The van der Waals surface area contributed by atoms with Gasteiger partial charge in [-0.15, -0.1) is 0 Å². The number of aliphatic hydroxyl groups is 8. The number of hydrogen-bond acceptors (Lipinski definition) is 13. The van der Waals surface area contributed by atoms with Gasteiger partial charge < -0.3 is 65.1 Å². The quantitative estimate of drug-likeness (QED) is 0.0259. The van der Waals surface area contributed by atoms with Crippen molar-refractivity contribution in [2.45, 2.75) is 344 Å². The third-order valence-corrected chi connectivity index (χ3v) is 15.3. The monoisotopic (exact) mass is 1030 g/mol. The van der Waals surface area contributed by atoms with Gasteiger partial charge in [0.05, 0.1) is 32.0 Å². The Kier molecular flexibility index (Phi) is 42.0. The lowest BCUT2D eigenvalue weighted by atomic mass is 9.97. The molecule has 14 heteroatoms. The van der Waals surface area contributed by atoms with Crippen LogP contribution in [0.25, 0.3) is 0 Å². The Bertz CT molecular complexity index is 1220. The second-order valence-electron chi connectivity index (χ2n) is 21.8. The summed E-state index contributed by atoms with van der Waals surface area (Å²) in [6.07, 6.45) is 32.4. The van der Waals surface area contributed by atoms with Crippen molar-refractivity contribution >= 4 is 5.91 Å². The highest BCUT2D eigenvalue weighted by Crippen LogP contribution is 2.30. The Morgan fingerprint density at radius 2 is 0.792 bits per heavy atom. The lowest BCUT2D eigenvalue weighted by Crippen LogP contribution is -2.65. The van der Waals surface area contributed by atoms with Crippen LogP contribution in [-0.2, 0) is 23.7 Å². The molecule has 428 valence electrons. The van der Waals surface area contributed by atoms with Crippen molar-refractivity contribution in [1.29, 1.82) is 0 Å². The molecule has 14 nitrogen and oxygen atoms in total. The third-order valence-electron chi connectivity index (χ3n) is 15.3. The second-order valence-corrected chi connectivity index (χ2v) is 21.8. The molecule has 0 aliphatic carbocycles. The summed E-state index contributed by atoms with van der Waals surface area (Å²) in [5.74, 6) is -0.200. The van der Waals surface area contributed by atoms with Gasteiger partial charge in [0.25, 0.3) is 0 Å². The molecular formula is C58H113NO13. The molecule has 12 unspecified atom stereocenters. The molecule has 0 saturated carbocycles. The van der Waals surface area contributed by atoms with Crippen LogP contribution in [0.5, 0.6) is 0 Å². The zero-order chi connectivity index (χ0) is 52.4. The van der Waals surface area contributed by atoms with Gasteiger partial charge in [-0.3, -0.25) is 4.79 Å². The number of nitrogens with one attached hydrogen (secondary N) is 1. The van der Waals surface area contributed by atoms with Crippen LogP contribution in [0.3, 0.4) is 0 Å². The maximum atomic E-state index is 13.3. The number of aliphatic hydroxyl groups excluding tert-OH is 8. The van der Waals surface area contributed by atoms with Crippen LogP contribution in [0, 0.1) is 0 Å². The molecule has 0 aromatic carbocycles. The zero-order valence-corrected chi connectivity index (χ0v) is 46.0. The molecule has 72 heavy (non-hydrogen) atoms. The van der Waals surface area contributed by atoms with Gasteiger partial charge >= 0.3 is 0 Å². The molecular weight excluding hydrogens is 919 g/mol. The van der Waals surface area contributed by atoms with Crippen LogP contribution >= 0.6 is 0 Å². The van der Waals surface area contributed by atoms with E-state index in [0.29, 0.717) is 12.8 Å². The first kappa shape index (κ1) is 67.1. The highest BCUT2D eigenvalue weighted by atomic mass is 16.7. The number of amides is 1. The summed E-state index contributed by atoms with van der Waals surface area (Å²) >= 11 is 0. The summed E-state index contributed by atoms with van der Waals surface area (Å²) in [6, 6.07) is -0.822. The first-order chi connectivity index (χ1) is 35.1. The summed E-state index contributed by atoms with van der Waals surface area (Å²) < 4.78 is 22.8. The van der Waals surface area contributed by atoms with Crippen molar-refractivity contribution in [3.05, 3.63) is 0 Å². The van der Waals surface area contributed by atoms with Gasteiger partial charge in [-0.2, -0.15) is 0 Å². The van der Waals surface area contributed by atoms with Crippen molar-refractivity contribution in [3.8, 4) is 0 Å². The van der Waals surface area contributed by atoms with Crippen LogP contribution in [0.1, 0.15) is 271 Å². The molecule has 2 rings (SSSR count). The third kappa shape index (κ3) is 30.7. The predicted octanol–water partition coefficient (Wildman–Crippen LogP) is 10.1. The normalized spacial score (nSPS) is 25.5. The van der Waals surface area contributed by atoms with E-state index in [2.05, 4.69) is 19.2 Å². The molecule has 9 N–H and O–H groups in total. The zero-order valence-electron chi connectivity index (χ0n) is 46.0. The fraction of sp³-hybridized carbons (Fsp3) is 0.983. The summed E-state index contributed by atoms with van der Waals surface area (Å²) in [5, 5.41) is 87.3. The molecule has 12 atom stereocenters. The smallest absolute Gasteiger partial charge is 0.220 e. The molecule has 0 aromatic rings. The fourth-order valence-electron chi connectivity index (χ4n) is 10.4. The number of carbonyl (C=O) groups excluding carboxylic acids is 1. The van der Waals surface area contributed by atoms with E-state index in [1.165, 1.54) is 193 Å². The Morgan fingerprint density at radius 1 is 0.444 bits per heavy atom. The first-order valence-electron chi connectivity index (χ1n) is 30.3. The SMILES string of the molecule is CCCCCCCCCCCCCCCCCCCCCCCC(O)C(COC1OC(CO)C(OC2OC(CO)C(O)C(O)C2O)C(O)C1O)NC(=O)CCCCCCCCCCCCCCCCCCC. The number of carbonyl (C=O) groups is 1. The van der Waals surface area contributed by atoms with Crippen molar-refractivity contribution in [2.75, 3.05) is 19.8 Å². The van der Waals surface area contributed by atoms with Gasteiger partial charge in [-0.25, -0.2) is 0 Å². The van der Waals surface area contributed by atoms with E-state index in [1.807, 2.05) is 0 Å². The fourth-order valence-corrected chi connectivity index (χ4v) is 10.4. The largest absolute Gasteiger partial charge is 0.394 e. The molecule has 0 radical (unpaired) electrons. The molecule has 1 amide bonds. The number of hydrogen-bond donors (Lipinski definition) is 9. The number of ether oxygens (including phenoxy) is 4.